The highest BCUT2D eigenvalue weighted by Crippen LogP contribution is 2.32. The number of hydrogen-bond acceptors (Lipinski definition) is 8. The molecule has 0 radical (unpaired) electrons. The Labute approximate surface area is 120 Å². The predicted molar refractivity (Wildman–Crippen MR) is 79.3 cm³/mol. The lowest BCUT2D eigenvalue weighted by Crippen LogP contribution is -2.07. The van der Waals surface area contributed by atoms with Gasteiger partial charge in [-0.05, 0) is 31.7 Å². The summed E-state index contributed by atoms with van der Waals surface area (Å²) in [5.74, 6) is 0.655. The van der Waals surface area contributed by atoms with Crippen molar-refractivity contribution in [1.29, 1.82) is 0 Å². The van der Waals surface area contributed by atoms with Crippen LogP contribution in [0.2, 0.25) is 0 Å². The lowest BCUT2D eigenvalue weighted by atomic mass is 10.5. The van der Waals surface area contributed by atoms with Gasteiger partial charge in [0.25, 0.3) is 0 Å². The summed E-state index contributed by atoms with van der Waals surface area (Å²) in [6.45, 7) is 4.78. The molecule has 2 rings (SSSR count). The van der Waals surface area contributed by atoms with Crippen LogP contribution >= 0.6 is 23.1 Å². The fourth-order valence-corrected chi connectivity index (χ4v) is 3.11. The molecule has 19 heavy (non-hydrogen) atoms. The van der Waals surface area contributed by atoms with Crippen LogP contribution in [0, 0.1) is 6.92 Å². The van der Waals surface area contributed by atoms with Crippen LogP contribution in [0.4, 0.5) is 11.1 Å². The Morgan fingerprint density at radius 3 is 2.74 bits per heavy atom. The zero-order valence-corrected chi connectivity index (χ0v) is 13.0. The van der Waals surface area contributed by atoms with Crippen molar-refractivity contribution in [3.05, 3.63) is 11.8 Å². The third kappa shape index (κ3) is 3.77. The standard InChI is InChI=1S/C11H16N6S2/c1-5-12-9-13-7(2)6-8(14-9)18-11-16-15-10(19-11)17(3)4/h6H,5H2,1-4H3,(H,12,13,14). The fraction of sp³-hybridized carbons (Fsp3) is 0.455. The van der Waals surface area contributed by atoms with Gasteiger partial charge in [0.05, 0.1) is 0 Å². The summed E-state index contributed by atoms with van der Waals surface area (Å²) in [7, 11) is 3.90. The number of anilines is 2. The Bertz CT molecular complexity index is 554. The van der Waals surface area contributed by atoms with E-state index in [-0.39, 0.29) is 0 Å². The third-order valence-electron chi connectivity index (χ3n) is 2.14. The second kappa shape index (κ2) is 6.16. The van der Waals surface area contributed by atoms with Gasteiger partial charge in [-0.15, -0.1) is 10.2 Å². The van der Waals surface area contributed by atoms with Crippen LogP contribution < -0.4 is 10.2 Å². The molecule has 0 unspecified atom stereocenters. The van der Waals surface area contributed by atoms with Gasteiger partial charge in [-0.2, -0.15) is 0 Å². The maximum atomic E-state index is 4.44. The van der Waals surface area contributed by atoms with E-state index in [1.54, 1.807) is 11.3 Å². The van der Waals surface area contributed by atoms with Crippen molar-refractivity contribution in [2.45, 2.75) is 23.2 Å². The first-order valence-corrected chi connectivity index (χ1v) is 7.50. The second-order valence-corrected chi connectivity index (χ2v) is 6.27. The van der Waals surface area contributed by atoms with E-state index < -0.39 is 0 Å². The zero-order valence-electron chi connectivity index (χ0n) is 11.3. The molecule has 2 aromatic heterocycles. The van der Waals surface area contributed by atoms with Gasteiger partial charge < -0.3 is 10.2 Å². The van der Waals surface area contributed by atoms with Gasteiger partial charge in [-0.1, -0.05) is 11.3 Å². The maximum absolute atomic E-state index is 4.44. The van der Waals surface area contributed by atoms with Crippen LogP contribution in [0.15, 0.2) is 15.4 Å². The molecule has 2 heterocycles. The minimum Gasteiger partial charge on any atom is -0.354 e. The molecule has 8 heteroatoms. The van der Waals surface area contributed by atoms with Crippen molar-refractivity contribution in [3.8, 4) is 0 Å². The molecule has 0 saturated carbocycles. The monoisotopic (exact) mass is 296 g/mol. The van der Waals surface area contributed by atoms with Crippen LogP contribution in [-0.4, -0.2) is 40.8 Å². The van der Waals surface area contributed by atoms with Crippen molar-refractivity contribution >= 4 is 34.2 Å². The fourth-order valence-electron chi connectivity index (χ4n) is 1.34. The van der Waals surface area contributed by atoms with E-state index in [0.717, 1.165) is 26.7 Å². The second-order valence-electron chi connectivity index (χ2n) is 4.05. The molecule has 6 nitrogen and oxygen atoms in total. The van der Waals surface area contributed by atoms with E-state index in [0.29, 0.717) is 5.95 Å². The minimum absolute atomic E-state index is 0.655. The maximum Gasteiger partial charge on any atom is 0.223 e. The van der Waals surface area contributed by atoms with Crippen molar-refractivity contribution in [1.82, 2.24) is 20.2 Å². The molecular formula is C11H16N6S2. The van der Waals surface area contributed by atoms with Gasteiger partial charge in [-0.3, -0.25) is 0 Å². The molecule has 0 aliphatic heterocycles. The molecule has 2 aromatic rings. The first-order valence-electron chi connectivity index (χ1n) is 5.86. The van der Waals surface area contributed by atoms with Gasteiger partial charge in [-0.25, -0.2) is 9.97 Å². The lowest BCUT2D eigenvalue weighted by Gasteiger charge is -2.05. The molecule has 0 atom stereocenters. The number of aromatic nitrogens is 4. The summed E-state index contributed by atoms with van der Waals surface area (Å²) in [5.41, 5.74) is 0.936. The summed E-state index contributed by atoms with van der Waals surface area (Å²) in [4.78, 5) is 10.7. The Balaban J connectivity index is 2.17. The highest BCUT2D eigenvalue weighted by atomic mass is 32.2. The molecular weight excluding hydrogens is 280 g/mol. The van der Waals surface area contributed by atoms with Crippen LogP contribution in [0.5, 0.6) is 0 Å². The van der Waals surface area contributed by atoms with E-state index in [4.69, 9.17) is 0 Å². The van der Waals surface area contributed by atoms with Gasteiger partial charge >= 0.3 is 0 Å². The highest BCUT2D eigenvalue weighted by Gasteiger charge is 2.09. The lowest BCUT2D eigenvalue weighted by molar-refractivity contribution is 0.961. The molecule has 0 aliphatic carbocycles. The molecule has 102 valence electrons. The first kappa shape index (κ1) is 14.0. The normalized spacial score (nSPS) is 10.5. The topological polar surface area (TPSA) is 66.8 Å². The molecule has 1 N–H and O–H groups in total. The molecule has 0 fully saturated rings. The number of nitrogens with one attached hydrogen (secondary N) is 1. The van der Waals surface area contributed by atoms with Gasteiger partial charge in [0, 0.05) is 26.3 Å². The van der Waals surface area contributed by atoms with Gasteiger partial charge in [0.2, 0.25) is 11.1 Å². The molecule has 0 amide bonds. The van der Waals surface area contributed by atoms with Crippen LogP contribution in [-0.2, 0) is 0 Å². The van der Waals surface area contributed by atoms with Crippen LogP contribution in [0.25, 0.3) is 0 Å². The Hall–Kier alpha value is -1.41. The van der Waals surface area contributed by atoms with E-state index in [9.17, 15) is 0 Å². The van der Waals surface area contributed by atoms with Crippen LogP contribution in [0.1, 0.15) is 12.6 Å². The van der Waals surface area contributed by atoms with Crippen LogP contribution in [0.3, 0.4) is 0 Å². The first-order chi connectivity index (χ1) is 9.08. The van der Waals surface area contributed by atoms with E-state index in [1.165, 1.54) is 11.8 Å². The summed E-state index contributed by atoms with van der Waals surface area (Å²) in [5, 5.41) is 13.1. The third-order valence-corrected chi connectivity index (χ3v) is 4.20. The molecule has 0 aromatic carbocycles. The SMILES string of the molecule is CCNc1nc(C)cc(Sc2nnc(N(C)C)s2)n1. The Morgan fingerprint density at radius 1 is 1.32 bits per heavy atom. The average Bonchev–Trinajstić information content (AvgIpc) is 2.77. The molecule has 0 bridgehead atoms. The Kier molecular flexibility index (Phi) is 4.54. The average molecular weight is 296 g/mol. The highest BCUT2D eigenvalue weighted by molar-refractivity contribution is 8.01. The van der Waals surface area contributed by atoms with E-state index in [1.807, 2.05) is 38.9 Å². The molecule has 0 aliphatic rings. The Morgan fingerprint density at radius 2 is 2.11 bits per heavy atom. The molecule has 0 spiro atoms. The predicted octanol–water partition coefficient (Wildman–Crippen LogP) is 2.29. The van der Waals surface area contributed by atoms with Crippen molar-refractivity contribution in [2.24, 2.45) is 0 Å². The van der Waals surface area contributed by atoms with Crippen molar-refractivity contribution < 1.29 is 0 Å². The quantitative estimate of drug-likeness (QED) is 0.849. The van der Waals surface area contributed by atoms with Crippen molar-refractivity contribution in [3.63, 3.8) is 0 Å². The number of aryl methyl sites for hydroxylation is 1. The van der Waals surface area contributed by atoms with E-state index >= 15 is 0 Å². The largest absolute Gasteiger partial charge is 0.354 e. The smallest absolute Gasteiger partial charge is 0.223 e. The van der Waals surface area contributed by atoms with E-state index in [2.05, 4.69) is 25.5 Å². The number of hydrogen-bond donors (Lipinski definition) is 1. The summed E-state index contributed by atoms with van der Waals surface area (Å²) in [6.07, 6.45) is 0. The van der Waals surface area contributed by atoms with Crippen molar-refractivity contribution in [2.75, 3.05) is 30.9 Å². The number of rotatable bonds is 5. The minimum atomic E-state index is 0.655. The summed E-state index contributed by atoms with van der Waals surface area (Å²) in [6, 6.07) is 1.95. The van der Waals surface area contributed by atoms with Gasteiger partial charge in [0.1, 0.15) is 5.03 Å². The van der Waals surface area contributed by atoms with Gasteiger partial charge in [0.15, 0.2) is 4.34 Å². The number of nitrogens with zero attached hydrogens (tertiary/aromatic N) is 5. The molecule has 0 saturated heterocycles. The zero-order chi connectivity index (χ0) is 13.8. The summed E-state index contributed by atoms with van der Waals surface area (Å²) >= 11 is 3.05. The summed E-state index contributed by atoms with van der Waals surface area (Å²) < 4.78 is 0.879.